The van der Waals surface area contributed by atoms with Crippen LogP contribution in [0.5, 0.6) is 0 Å². The number of carbonyl (C=O) groups is 3. The highest BCUT2D eigenvalue weighted by molar-refractivity contribution is 7.16. The van der Waals surface area contributed by atoms with Crippen molar-refractivity contribution in [3.8, 4) is 0 Å². The first-order valence-corrected chi connectivity index (χ1v) is 14.2. The lowest BCUT2D eigenvalue weighted by Crippen LogP contribution is -2.67. The van der Waals surface area contributed by atoms with Gasteiger partial charge in [0, 0.05) is 5.54 Å². The van der Waals surface area contributed by atoms with Crippen LogP contribution in [-0.4, -0.2) is 45.2 Å². The minimum Gasteiger partial charge on any atom is -0.349 e. The van der Waals surface area contributed by atoms with Crippen LogP contribution in [0, 0.1) is 11.8 Å². The van der Waals surface area contributed by atoms with E-state index in [-0.39, 0.29) is 29.6 Å². The molecule has 0 spiro atoms. The van der Waals surface area contributed by atoms with Gasteiger partial charge in [0.2, 0.25) is 17.7 Å². The molecule has 1 aliphatic heterocycles. The summed E-state index contributed by atoms with van der Waals surface area (Å²) >= 11 is 1.49. The molecule has 3 atom stereocenters. The molecule has 2 aromatic carbocycles. The summed E-state index contributed by atoms with van der Waals surface area (Å²) in [7, 11) is 0. The number of piperazine rings is 1. The molecule has 1 fully saturated rings. The Bertz CT molecular complexity index is 1350. The van der Waals surface area contributed by atoms with Crippen molar-refractivity contribution in [3.63, 3.8) is 0 Å². The summed E-state index contributed by atoms with van der Waals surface area (Å²) in [6.07, 6.45) is 1.92. The lowest BCUT2D eigenvalue weighted by atomic mass is 9.87. The van der Waals surface area contributed by atoms with Gasteiger partial charge in [0.1, 0.15) is 18.1 Å². The normalized spacial score (nSPS) is 21.1. The number of nitrogens with one attached hydrogen (secondary N) is 2. The molecular weight excluding hydrogens is 496 g/mol. The van der Waals surface area contributed by atoms with Crippen molar-refractivity contribution in [2.45, 2.75) is 77.5 Å². The molecule has 3 amide bonds. The second-order valence-corrected chi connectivity index (χ2v) is 12.9. The molecule has 0 bridgehead atoms. The van der Waals surface area contributed by atoms with Crippen LogP contribution in [-0.2, 0) is 27.2 Å². The van der Waals surface area contributed by atoms with Crippen molar-refractivity contribution < 1.29 is 14.4 Å². The number of nitrogens with zero attached hydrogens (tertiary/aromatic N) is 2. The van der Waals surface area contributed by atoms with E-state index in [1.807, 2.05) is 65.0 Å². The molecular formula is C30H36N4O3S. The minimum atomic E-state index is -0.936. The molecule has 5 rings (SSSR count). The van der Waals surface area contributed by atoms with Gasteiger partial charge in [-0.25, -0.2) is 4.98 Å². The summed E-state index contributed by atoms with van der Waals surface area (Å²) in [5.74, 6) is -0.560. The maximum absolute atomic E-state index is 14.4. The molecule has 38 heavy (non-hydrogen) atoms. The highest BCUT2D eigenvalue weighted by Crippen LogP contribution is 2.36. The van der Waals surface area contributed by atoms with E-state index < -0.39 is 23.7 Å². The summed E-state index contributed by atoms with van der Waals surface area (Å²) in [5, 5.41) is 6.17. The molecule has 1 aromatic heterocycles. The number of benzene rings is 2. The van der Waals surface area contributed by atoms with Crippen molar-refractivity contribution >= 4 is 39.3 Å². The van der Waals surface area contributed by atoms with Gasteiger partial charge in [0.15, 0.2) is 0 Å². The second-order valence-electron chi connectivity index (χ2n) is 12.0. The monoisotopic (exact) mass is 532 g/mol. The largest absolute Gasteiger partial charge is 0.349 e. The standard InChI is InChI=1S/C30H36N4O3S/c1-17(2)12-23-27(35)32-25(21-13-18-8-6-7-9-19(18)14-21)29(37)34(23)26(28(36)33-30(3,4)5)20-10-11-22-24(15-20)38-16-31-22/h6-11,15-17,21,23,25-26H,12-14H2,1-5H3,(H,32,35)(H,33,36). The fourth-order valence-corrected chi connectivity index (χ4v) is 6.52. The van der Waals surface area contributed by atoms with E-state index in [2.05, 4.69) is 27.8 Å². The fraction of sp³-hybridized carbons (Fsp3) is 0.467. The smallest absolute Gasteiger partial charge is 0.247 e. The number of carbonyl (C=O) groups excluding carboxylic acids is 3. The molecule has 7 nitrogen and oxygen atoms in total. The van der Waals surface area contributed by atoms with E-state index in [9.17, 15) is 14.4 Å². The highest BCUT2D eigenvalue weighted by atomic mass is 32.1. The van der Waals surface area contributed by atoms with Gasteiger partial charge >= 0.3 is 0 Å². The summed E-state index contributed by atoms with van der Waals surface area (Å²) in [4.78, 5) is 48.1. The summed E-state index contributed by atoms with van der Waals surface area (Å²) in [6.45, 7) is 9.82. The Labute approximate surface area is 228 Å². The summed E-state index contributed by atoms with van der Waals surface area (Å²) in [6, 6.07) is 11.5. The van der Waals surface area contributed by atoms with Crippen LogP contribution >= 0.6 is 11.3 Å². The number of hydrogen-bond acceptors (Lipinski definition) is 5. The Balaban J connectivity index is 1.58. The van der Waals surface area contributed by atoms with E-state index in [1.165, 1.54) is 22.5 Å². The van der Waals surface area contributed by atoms with E-state index in [1.54, 1.807) is 10.4 Å². The first kappa shape index (κ1) is 26.4. The number of hydrogen-bond donors (Lipinski definition) is 2. The Hall–Kier alpha value is -3.26. The van der Waals surface area contributed by atoms with Crippen LogP contribution in [0.2, 0.25) is 0 Å². The number of rotatable bonds is 6. The molecule has 2 heterocycles. The number of fused-ring (bicyclic) bond motifs is 2. The van der Waals surface area contributed by atoms with Crippen LogP contribution in [0.3, 0.4) is 0 Å². The average molecular weight is 533 g/mol. The highest BCUT2D eigenvalue weighted by Gasteiger charge is 2.49. The van der Waals surface area contributed by atoms with Crippen LogP contribution in [0.1, 0.15) is 63.8 Å². The molecule has 0 radical (unpaired) electrons. The molecule has 3 unspecified atom stereocenters. The van der Waals surface area contributed by atoms with Gasteiger partial charge in [-0.3, -0.25) is 14.4 Å². The molecule has 200 valence electrons. The van der Waals surface area contributed by atoms with Crippen molar-refractivity contribution in [2.75, 3.05) is 0 Å². The number of thiazole rings is 1. The van der Waals surface area contributed by atoms with E-state index in [0.29, 0.717) is 12.0 Å². The number of aromatic nitrogens is 1. The van der Waals surface area contributed by atoms with E-state index in [4.69, 9.17) is 0 Å². The molecule has 0 saturated carbocycles. The summed E-state index contributed by atoms with van der Waals surface area (Å²) < 4.78 is 0.938. The second kappa shape index (κ2) is 10.1. The fourth-order valence-electron chi connectivity index (χ4n) is 5.79. The van der Waals surface area contributed by atoms with Crippen molar-refractivity contribution in [3.05, 3.63) is 64.7 Å². The molecule has 1 saturated heterocycles. The Morgan fingerprint density at radius 1 is 1.13 bits per heavy atom. The first-order valence-electron chi connectivity index (χ1n) is 13.4. The average Bonchev–Trinajstić information content (AvgIpc) is 3.48. The number of amides is 3. The van der Waals surface area contributed by atoms with Gasteiger partial charge in [-0.05, 0) is 80.7 Å². The maximum atomic E-state index is 14.4. The first-order chi connectivity index (χ1) is 18.0. The van der Waals surface area contributed by atoms with Gasteiger partial charge in [0.25, 0.3) is 0 Å². The van der Waals surface area contributed by atoms with Crippen LogP contribution < -0.4 is 10.6 Å². The zero-order valence-corrected chi connectivity index (χ0v) is 23.5. The zero-order valence-electron chi connectivity index (χ0n) is 22.7. The quantitative estimate of drug-likeness (QED) is 0.492. The topological polar surface area (TPSA) is 91.4 Å². The predicted octanol–water partition coefficient (Wildman–Crippen LogP) is 4.41. The van der Waals surface area contributed by atoms with E-state index >= 15 is 0 Å². The molecule has 8 heteroatoms. The van der Waals surface area contributed by atoms with Gasteiger partial charge < -0.3 is 15.5 Å². The van der Waals surface area contributed by atoms with Crippen LogP contribution in [0.15, 0.2) is 48.0 Å². The lowest BCUT2D eigenvalue weighted by Gasteiger charge is -2.45. The third-order valence-corrected chi connectivity index (χ3v) is 8.19. The lowest BCUT2D eigenvalue weighted by molar-refractivity contribution is -0.158. The van der Waals surface area contributed by atoms with Gasteiger partial charge in [-0.15, -0.1) is 11.3 Å². The maximum Gasteiger partial charge on any atom is 0.247 e. The SMILES string of the molecule is CC(C)CC1C(=O)NC(C2Cc3ccccc3C2)C(=O)N1C(C(=O)NC(C)(C)C)c1ccc2ncsc2c1. The zero-order chi connectivity index (χ0) is 27.2. The van der Waals surface area contributed by atoms with Gasteiger partial charge in [-0.2, -0.15) is 0 Å². The Morgan fingerprint density at radius 2 is 1.82 bits per heavy atom. The molecule has 1 aliphatic carbocycles. The molecule has 2 aliphatic rings. The van der Waals surface area contributed by atoms with Crippen molar-refractivity contribution in [2.24, 2.45) is 11.8 Å². The third kappa shape index (κ3) is 5.19. The van der Waals surface area contributed by atoms with Gasteiger partial charge in [-0.1, -0.05) is 44.2 Å². The third-order valence-electron chi connectivity index (χ3n) is 7.40. The Morgan fingerprint density at radius 3 is 2.45 bits per heavy atom. The predicted molar refractivity (Wildman–Crippen MR) is 150 cm³/mol. The van der Waals surface area contributed by atoms with Crippen LogP contribution in [0.4, 0.5) is 0 Å². The van der Waals surface area contributed by atoms with Crippen molar-refractivity contribution in [1.29, 1.82) is 0 Å². The van der Waals surface area contributed by atoms with E-state index in [0.717, 1.165) is 23.1 Å². The Kier molecular flexibility index (Phi) is 7.03. The molecule has 2 N–H and O–H groups in total. The summed E-state index contributed by atoms with van der Waals surface area (Å²) in [5.41, 5.74) is 5.23. The van der Waals surface area contributed by atoms with Crippen molar-refractivity contribution in [1.82, 2.24) is 20.5 Å². The van der Waals surface area contributed by atoms with Gasteiger partial charge in [0.05, 0.1) is 15.7 Å². The molecule has 3 aromatic rings. The minimum absolute atomic E-state index is 0.0540. The van der Waals surface area contributed by atoms with Crippen LogP contribution in [0.25, 0.3) is 10.2 Å².